The van der Waals surface area contributed by atoms with Gasteiger partial charge in [0.15, 0.2) is 11.9 Å². The largest absolute Gasteiger partial charge is 0.465 e. The Morgan fingerprint density at radius 2 is 1.61 bits per heavy atom. The Kier molecular flexibility index (Phi) is 10.1. The molecule has 2 atom stereocenters. The SMILES string of the molecule is CC(C)(C)N(C(=O)O)C(CNC(=O)Cn1nc(-c2ccc(Cl)cc2)n(C[C@H](O)C(F)(F)F)c1=O)c1ccccc1C(F)(F)F. The number of alkyl halides is 6. The minimum Gasteiger partial charge on any atom is -0.465 e. The second-order valence-corrected chi connectivity index (χ2v) is 11.1. The normalized spacial score (nSPS) is 13.8. The molecule has 0 bridgehead atoms. The number of rotatable bonds is 9. The van der Waals surface area contributed by atoms with E-state index in [4.69, 9.17) is 11.6 Å². The summed E-state index contributed by atoms with van der Waals surface area (Å²) in [7, 11) is 0. The predicted octanol–water partition coefficient (Wildman–Crippen LogP) is 4.94. The maximum Gasteiger partial charge on any atom is 0.416 e. The molecule has 0 aliphatic carbocycles. The summed E-state index contributed by atoms with van der Waals surface area (Å²) in [4.78, 5) is 39.0. The van der Waals surface area contributed by atoms with Gasteiger partial charge in [-0.1, -0.05) is 29.8 Å². The van der Waals surface area contributed by atoms with E-state index in [-0.39, 0.29) is 16.4 Å². The first kappa shape index (κ1) is 34.4. The summed E-state index contributed by atoms with van der Waals surface area (Å²) in [5, 5.41) is 26.1. The summed E-state index contributed by atoms with van der Waals surface area (Å²) < 4.78 is 82.0. The number of benzene rings is 2. The molecule has 17 heteroatoms. The van der Waals surface area contributed by atoms with Crippen molar-refractivity contribution in [2.24, 2.45) is 0 Å². The topological polar surface area (TPSA) is 130 Å². The van der Waals surface area contributed by atoms with E-state index < -0.39 is 78.5 Å². The molecule has 3 rings (SSSR count). The monoisotopic (exact) mass is 651 g/mol. The smallest absolute Gasteiger partial charge is 0.416 e. The number of nitrogens with zero attached hydrogens (tertiary/aromatic N) is 4. The fraction of sp³-hybridized carbons (Fsp3) is 0.407. The number of amides is 2. The van der Waals surface area contributed by atoms with Crippen LogP contribution in [-0.2, 0) is 24.1 Å². The molecule has 0 saturated heterocycles. The number of aromatic nitrogens is 3. The molecule has 2 aromatic carbocycles. The van der Waals surface area contributed by atoms with Crippen molar-refractivity contribution in [1.82, 2.24) is 24.6 Å². The van der Waals surface area contributed by atoms with Gasteiger partial charge in [0.1, 0.15) is 6.54 Å². The Morgan fingerprint density at radius 3 is 2.14 bits per heavy atom. The molecule has 3 aromatic rings. The molecule has 10 nitrogen and oxygen atoms in total. The minimum absolute atomic E-state index is 0.131. The molecule has 2 amide bonds. The van der Waals surface area contributed by atoms with Crippen LogP contribution in [0.5, 0.6) is 0 Å². The zero-order valence-electron chi connectivity index (χ0n) is 23.4. The molecule has 1 unspecified atom stereocenters. The number of hydrogen-bond donors (Lipinski definition) is 3. The molecule has 0 saturated carbocycles. The number of carbonyl (C=O) groups is 2. The zero-order valence-corrected chi connectivity index (χ0v) is 24.2. The van der Waals surface area contributed by atoms with Crippen LogP contribution in [0.25, 0.3) is 11.4 Å². The van der Waals surface area contributed by atoms with E-state index in [9.17, 15) is 50.9 Å². The summed E-state index contributed by atoms with van der Waals surface area (Å²) in [6.07, 6.45) is -14.5. The van der Waals surface area contributed by atoms with Crippen LogP contribution in [0.4, 0.5) is 31.1 Å². The number of aliphatic hydroxyl groups is 1. The lowest BCUT2D eigenvalue weighted by Crippen LogP contribution is -2.51. The van der Waals surface area contributed by atoms with Gasteiger partial charge in [0.2, 0.25) is 5.91 Å². The zero-order chi connectivity index (χ0) is 33.2. The maximum atomic E-state index is 13.9. The van der Waals surface area contributed by atoms with E-state index in [1.54, 1.807) is 0 Å². The van der Waals surface area contributed by atoms with Crippen LogP contribution < -0.4 is 11.0 Å². The van der Waals surface area contributed by atoms with E-state index in [0.29, 0.717) is 9.25 Å². The first-order valence-electron chi connectivity index (χ1n) is 12.8. The Bertz CT molecular complexity index is 1550. The lowest BCUT2D eigenvalue weighted by atomic mass is 9.94. The van der Waals surface area contributed by atoms with Gasteiger partial charge in [-0.05, 0) is 56.7 Å². The number of hydrogen-bond acceptors (Lipinski definition) is 5. The average Bonchev–Trinajstić information content (AvgIpc) is 3.19. The lowest BCUT2D eigenvalue weighted by Gasteiger charge is -2.40. The number of nitrogens with one attached hydrogen (secondary N) is 1. The summed E-state index contributed by atoms with van der Waals surface area (Å²) >= 11 is 5.86. The quantitative estimate of drug-likeness (QED) is 0.281. The fourth-order valence-corrected chi connectivity index (χ4v) is 4.60. The van der Waals surface area contributed by atoms with Crippen molar-refractivity contribution in [3.63, 3.8) is 0 Å². The van der Waals surface area contributed by atoms with Crippen molar-refractivity contribution in [2.45, 2.75) is 63.9 Å². The number of carboxylic acid groups (broad SMARTS) is 1. The predicted molar refractivity (Wildman–Crippen MR) is 146 cm³/mol. The van der Waals surface area contributed by atoms with Gasteiger partial charge in [0, 0.05) is 22.7 Å². The highest BCUT2D eigenvalue weighted by atomic mass is 35.5. The van der Waals surface area contributed by atoms with E-state index in [1.807, 2.05) is 0 Å². The Balaban J connectivity index is 1.98. The van der Waals surface area contributed by atoms with Gasteiger partial charge < -0.3 is 15.5 Å². The number of halogens is 7. The van der Waals surface area contributed by atoms with Crippen molar-refractivity contribution in [3.05, 3.63) is 75.2 Å². The molecule has 44 heavy (non-hydrogen) atoms. The highest BCUT2D eigenvalue weighted by Gasteiger charge is 2.41. The Morgan fingerprint density at radius 1 is 1.02 bits per heavy atom. The fourth-order valence-electron chi connectivity index (χ4n) is 4.47. The molecule has 1 heterocycles. The molecular weight excluding hydrogens is 624 g/mol. The summed E-state index contributed by atoms with van der Waals surface area (Å²) in [5.41, 5.74) is -3.87. The molecule has 0 aliphatic rings. The van der Waals surface area contributed by atoms with Crippen LogP contribution in [0.15, 0.2) is 53.3 Å². The summed E-state index contributed by atoms with van der Waals surface area (Å²) in [6.45, 7) is 1.54. The van der Waals surface area contributed by atoms with Crippen molar-refractivity contribution in [1.29, 1.82) is 0 Å². The van der Waals surface area contributed by atoms with E-state index in [2.05, 4.69) is 10.4 Å². The molecule has 1 aromatic heterocycles. The van der Waals surface area contributed by atoms with Crippen LogP contribution in [0, 0.1) is 0 Å². The van der Waals surface area contributed by atoms with Gasteiger partial charge in [-0.25, -0.2) is 14.3 Å². The number of carbonyl (C=O) groups excluding carboxylic acids is 1. The van der Waals surface area contributed by atoms with Gasteiger partial charge in [-0.15, -0.1) is 5.10 Å². The Labute approximate surface area is 251 Å². The summed E-state index contributed by atoms with van der Waals surface area (Å²) in [5.74, 6) is -1.34. The lowest BCUT2D eigenvalue weighted by molar-refractivity contribution is -0.207. The first-order valence-corrected chi connectivity index (χ1v) is 13.2. The van der Waals surface area contributed by atoms with Gasteiger partial charge in [0.05, 0.1) is 18.2 Å². The van der Waals surface area contributed by atoms with Crippen LogP contribution in [0.3, 0.4) is 0 Å². The van der Waals surface area contributed by atoms with E-state index >= 15 is 0 Å². The molecule has 0 aliphatic heterocycles. The van der Waals surface area contributed by atoms with E-state index in [1.165, 1.54) is 51.1 Å². The van der Waals surface area contributed by atoms with Crippen molar-refractivity contribution in [3.8, 4) is 11.4 Å². The molecule has 240 valence electrons. The maximum absolute atomic E-state index is 13.9. The standard InChI is InChI=1S/C27H28ClF6N5O5/c1-25(2,3)39(24(43)44)19(17-6-4-5-7-18(17)26(29,30)31)12-35-21(41)14-38-23(42)37(13-20(40)27(32,33)34)22(36-38)15-8-10-16(28)11-9-15/h4-11,19-20,40H,12-14H2,1-3H3,(H,35,41)(H,43,44)/t19?,20-/m0/s1. The van der Waals surface area contributed by atoms with Gasteiger partial charge in [-0.2, -0.15) is 26.3 Å². The molecule has 3 N–H and O–H groups in total. The minimum atomic E-state index is -5.08. The third kappa shape index (κ3) is 8.11. The third-order valence-corrected chi connectivity index (χ3v) is 6.66. The molecule has 0 fully saturated rings. The van der Waals surface area contributed by atoms with Gasteiger partial charge >= 0.3 is 24.1 Å². The van der Waals surface area contributed by atoms with Crippen molar-refractivity contribution < 1.29 is 46.1 Å². The Hall–Kier alpha value is -4.05. The third-order valence-electron chi connectivity index (χ3n) is 6.41. The van der Waals surface area contributed by atoms with Gasteiger partial charge in [-0.3, -0.25) is 14.3 Å². The summed E-state index contributed by atoms with van der Waals surface area (Å²) in [6, 6.07) is 8.16. The van der Waals surface area contributed by atoms with Crippen molar-refractivity contribution >= 4 is 23.6 Å². The van der Waals surface area contributed by atoms with Crippen LogP contribution in [0.2, 0.25) is 5.02 Å². The second-order valence-electron chi connectivity index (χ2n) is 10.7. The second kappa shape index (κ2) is 12.9. The van der Waals surface area contributed by atoms with E-state index in [0.717, 1.165) is 23.1 Å². The molecular formula is C27H28ClF6N5O5. The van der Waals surface area contributed by atoms with Crippen LogP contribution in [-0.4, -0.2) is 65.8 Å². The van der Waals surface area contributed by atoms with Crippen LogP contribution >= 0.6 is 11.6 Å². The van der Waals surface area contributed by atoms with Gasteiger partial charge in [0.25, 0.3) is 0 Å². The highest BCUT2D eigenvalue weighted by molar-refractivity contribution is 6.30. The van der Waals surface area contributed by atoms with Crippen LogP contribution in [0.1, 0.15) is 37.9 Å². The first-order chi connectivity index (χ1) is 20.2. The molecule has 0 radical (unpaired) electrons. The number of aliphatic hydroxyl groups excluding tert-OH is 1. The van der Waals surface area contributed by atoms with Crippen molar-refractivity contribution in [2.75, 3.05) is 6.54 Å². The average molecular weight is 652 g/mol. The highest BCUT2D eigenvalue weighted by Crippen LogP contribution is 2.38. The molecule has 0 spiro atoms.